The molecule has 2 N–H and O–H groups in total. The minimum absolute atomic E-state index is 0.0147. The van der Waals surface area contributed by atoms with Gasteiger partial charge in [-0.15, -0.1) is 0 Å². The van der Waals surface area contributed by atoms with E-state index in [0.29, 0.717) is 12.4 Å². The molecule has 0 aliphatic rings. The number of esters is 1. The molecular formula is C19H17ClN4O2. The van der Waals surface area contributed by atoms with Gasteiger partial charge < -0.3 is 15.4 Å². The smallest absolute Gasteiger partial charge is 0.344 e. The first kappa shape index (κ1) is 17.7. The summed E-state index contributed by atoms with van der Waals surface area (Å²) in [6.45, 7) is 0.475. The number of nitrogens with zero attached hydrogens (tertiary/aromatic N) is 2. The topological polar surface area (TPSA) is 76.1 Å². The molecule has 1 heterocycles. The van der Waals surface area contributed by atoms with E-state index in [2.05, 4.69) is 20.6 Å². The average Bonchev–Trinajstić information content (AvgIpc) is 2.67. The lowest BCUT2D eigenvalue weighted by atomic mass is 10.2. The highest BCUT2D eigenvalue weighted by Gasteiger charge is 2.21. The molecule has 3 aromatic rings. The molecule has 6 nitrogen and oxygen atoms in total. The minimum Gasteiger partial charge on any atom is -0.465 e. The Bertz CT molecular complexity index is 889. The number of hydrogen-bond donors (Lipinski definition) is 2. The van der Waals surface area contributed by atoms with Crippen molar-refractivity contribution in [3.05, 3.63) is 76.9 Å². The van der Waals surface area contributed by atoms with Crippen LogP contribution in [0, 0.1) is 0 Å². The first-order valence-corrected chi connectivity index (χ1v) is 8.31. The van der Waals surface area contributed by atoms with Crippen LogP contribution in [0.25, 0.3) is 0 Å². The molecule has 2 aromatic carbocycles. The van der Waals surface area contributed by atoms with E-state index >= 15 is 0 Å². The van der Waals surface area contributed by atoms with Gasteiger partial charge in [0.2, 0.25) is 5.95 Å². The van der Waals surface area contributed by atoms with Crippen molar-refractivity contribution in [1.29, 1.82) is 0 Å². The lowest BCUT2D eigenvalue weighted by Crippen LogP contribution is -2.13. The quantitative estimate of drug-likeness (QED) is 0.499. The fourth-order valence-electron chi connectivity index (χ4n) is 2.33. The molecule has 0 radical (unpaired) electrons. The van der Waals surface area contributed by atoms with Crippen LogP contribution in [0.5, 0.6) is 0 Å². The molecule has 0 amide bonds. The van der Waals surface area contributed by atoms with Crippen molar-refractivity contribution in [2.24, 2.45) is 0 Å². The van der Waals surface area contributed by atoms with Crippen molar-refractivity contribution in [2.75, 3.05) is 17.7 Å². The van der Waals surface area contributed by atoms with E-state index in [1.807, 2.05) is 60.7 Å². The standard InChI is InChI=1S/C19H17ClN4O2/c1-26-18(25)15-16(20)23-19(22-14-10-6-3-7-11-14)24-17(15)21-12-13-8-4-2-5-9-13/h2-11H,12H2,1H3,(H2,21,22,23,24). The molecule has 0 unspecified atom stereocenters. The van der Waals surface area contributed by atoms with Gasteiger partial charge in [0, 0.05) is 12.2 Å². The first-order chi connectivity index (χ1) is 12.7. The summed E-state index contributed by atoms with van der Waals surface area (Å²) in [4.78, 5) is 20.6. The predicted molar refractivity (Wildman–Crippen MR) is 102 cm³/mol. The Kier molecular flexibility index (Phi) is 5.66. The second kappa shape index (κ2) is 8.31. The summed E-state index contributed by atoms with van der Waals surface area (Å²) in [5.41, 5.74) is 1.95. The van der Waals surface area contributed by atoms with Gasteiger partial charge in [-0.05, 0) is 17.7 Å². The SMILES string of the molecule is COC(=O)c1c(Cl)nc(Nc2ccccc2)nc1NCc1ccccc1. The molecule has 0 fully saturated rings. The fraction of sp³-hybridized carbons (Fsp3) is 0.105. The third-order valence-electron chi connectivity index (χ3n) is 3.59. The van der Waals surface area contributed by atoms with E-state index in [-0.39, 0.29) is 16.7 Å². The van der Waals surface area contributed by atoms with Crippen molar-refractivity contribution in [2.45, 2.75) is 6.54 Å². The van der Waals surface area contributed by atoms with Gasteiger partial charge in [0.05, 0.1) is 7.11 Å². The van der Waals surface area contributed by atoms with Crippen molar-refractivity contribution in [3.8, 4) is 0 Å². The number of ether oxygens (including phenoxy) is 1. The summed E-state index contributed by atoms with van der Waals surface area (Å²) >= 11 is 6.22. The van der Waals surface area contributed by atoms with Crippen LogP contribution in [0.2, 0.25) is 5.15 Å². The fourth-order valence-corrected chi connectivity index (χ4v) is 2.58. The largest absolute Gasteiger partial charge is 0.465 e. The Morgan fingerprint density at radius 1 is 1.04 bits per heavy atom. The van der Waals surface area contributed by atoms with Crippen LogP contribution in [-0.4, -0.2) is 23.0 Å². The molecule has 0 atom stereocenters. The predicted octanol–water partition coefficient (Wildman–Crippen LogP) is 4.27. The first-order valence-electron chi connectivity index (χ1n) is 7.93. The average molecular weight is 369 g/mol. The number of para-hydroxylation sites is 1. The Morgan fingerprint density at radius 2 is 1.69 bits per heavy atom. The Morgan fingerprint density at radius 3 is 2.35 bits per heavy atom. The molecule has 0 bridgehead atoms. The van der Waals surface area contributed by atoms with Gasteiger partial charge in [-0.1, -0.05) is 60.1 Å². The molecule has 1 aromatic heterocycles. The zero-order valence-electron chi connectivity index (χ0n) is 14.1. The Labute approximate surface area is 156 Å². The zero-order valence-corrected chi connectivity index (χ0v) is 14.8. The number of nitrogens with one attached hydrogen (secondary N) is 2. The highest BCUT2D eigenvalue weighted by molar-refractivity contribution is 6.33. The number of methoxy groups -OCH3 is 1. The third kappa shape index (κ3) is 4.29. The second-order valence-corrected chi connectivity index (χ2v) is 5.74. The van der Waals surface area contributed by atoms with Crippen LogP contribution in [0.4, 0.5) is 17.5 Å². The van der Waals surface area contributed by atoms with Crippen molar-refractivity contribution in [3.63, 3.8) is 0 Å². The second-order valence-electron chi connectivity index (χ2n) is 5.38. The van der Waals surface area contributed by atoms with E-state index in [0.717, 1.165) is 11.3 Å². The maximum Gasteiger partial charge on any atom is 0.344 e. The number of rotatable bonds is 6. The van der Waals surface area contributed by atoms with Crippen molar-refractivity contribution >= 4 is 35.0 Å². The summed E-state index contributed by atoms with van der Waals surface area (Å²) in [5, 5.41) is 6.22. The van der Waals surface area contributed by atoms with E-state index in [1.54, 1.807) is 0 Å². The lowest BCUT2D eigenvalue weighted by molar-refractivity contribution is 0.0601. The van der Waals surface area contributed by atoms with E-state index in [4.69, 9.17) is 16.3 Å². The van der Waals surface area contributed by atoms with Crippen LogP contribution in [-0.2, 0) is 11.3 Å². The summed E-state index contributed by atoms with van der Waals surface area (Å²) in [6.07, 6.45) is 0. The molecule has 3 rings (SSSR count). The summed E-state index contributed by atoms with van der Waals surface area (Å²) < 4.78 is 4.80. The monoisotopic (exact) mass is 368 g/mol. The van der Waals surface area contributed by atoms with Gasteiger partial charge >= 0.3 is 5.97 Å². The summed E-state index contributed by atoms with van der Waals surface area (Å²) in [7, 11) is 1.29. The zero-order chi connectivity index (χ0) is 18.4. The number of carbonyl (C=O) groups excluding carboxylic acids is 1. The molecule has 7 heteroatoms. The summed E-state index contributed by atoms with van der Waals surface area (Å²) in [5.74, 6) is -0.0135. The van der Waals surface area contributed by atoms with Crippen LogP contribution in [0.3, 0.4) is 0 Å². The molecule has 0 saturated heterocycles. The highest BCUT2D eigenvalue weighted by Crippen LogP contribution is 2.25. The number of anilines is 3. The van der Waals surface area contributed by atoms with Gasteiger partial charge in [-0.25, -0.2) is 4.79 Å². The van der Waals surface area contributed by atoms with Gasteiger partial charge in [0.1, 0.15) is 11.4 Å². The minimum atomic E-state index is -0.600. The van der Waals surface area contributed by atoms with Crippen molar-refractivity contribution < 1.29 is 9.53 Å². The van der Waals surface area contributed by atoms with Crippen molar-refractivity contribution in [1.82, 2.24) is 9.97 Å². The molecular weight excluding hydrogens is 352 g/mol. The van der Waals surface area contributed by atoms with Crippen LogP contribution in [0.15, 0.2) is 60.7 Å². The van der Waals surface area contributed by atoms with E-state index < -0.39 is 5.97 Å². The van der Waals surface area contributed by atoms with Gasteiger partial charge in [0.25, 0.3) is 0 Å². The van der Waals surface area contributed by atoms with Crippen LogP contribution >= 0.6 is 11.6 Å². The highest BCUT2D eigenvalue weighted by atomic mass is 35.5. The number of aromatic nitrogens is 2. The van der Waals surface area contributed by atoms with Gasteiger partial charge in [0.15, 0.2) is 5.15 Å². The van der Waals surface area contributed by atoms with Gasteiger partial charge in [-0.2, -0.15) is 9.97 Å². The third-order valence-corrected chi connectivity index (χ3v) is 3.86. The maximum atomic E-state index is 12.1. The van der Waals surface area contributed by atoms with E-state index in [9.17, 15) is 4.79 Å². The van der Waals surface area contributed by atoms with E-state index in [1.165, 1.54) is 7.11 Å². The van der Waals surface area contributed by atoms with Crippen LogP contribution in [0.1, 0.15) is 15.9 Å². The molecule has 132 valence electrons. The Hall–Kier alpha value is -3.12. The molecule has 0 saturated carbocycles. The molecule has 0 aliphatic heterocycles. The molecule has 0 aliphatic carbocycles. The number of halogens is 1. The van der Waals surface area contributed by atoms with Crippen LogP contribution < -0.4 is 10.6 Å². The molecule has 26 heavy (non-hydrogen) atoms. The number of carbonyl (C=O) groups is 1. The maximum absolute atomic E-state index is 12.1. The number of benzene rings is 2. The molecule has 0 spiro atoms. The Balaban J connectivity index is 1.91. The number of hydrogen-bond acceptors (Lipinski definition) is 6. The summed E-state index contributed by atoms with van der Waals surface area (Å²) in [6, 6.07) is 19.2. The normalized spacial score (nSPS) is 10.2. The lowest BCUT2D eigenvalue weighted by Gasteiger charge is -2.13. The van der Waals surface area contributed by atoms with Gasteiger partial charge in [-0.3, -0.25) is 0 Å².